The number of nitrogens with one attached hydrogen (secondary N) is 1. The van der Waals surface area contributed by atoms with Crippen molar-refractivity contribution in [1.82, 2.24) is 19.4 Å². The molecule has 0 unspecified atom stereocenters. The van der Waals surface area contributed by atoms with E-state index in [0.717, 1.165) is 41.0 Å². The fourth-order valence-electron chi connectivity index (χ4n) is 4.28. The average molecular weight is 431 g/mol. The number of anilines is 1. The number of methoxy groups -OCH3 is 1. The Morgan fingerprint density at radius 3 is 2.72 bits per heavy atom. The number of hydrogen-bond donors (Lipinski definition) is 1. The third-order valence-corrected chi connectivity index (χ3v) is 6.08. The molecule has 0 bridgehead atoms. The van der Waals surface area contributed by atoms with E-state index in [4.69, 9.17) is 4.74 Å². The average Bonchev–Trinajstić information content (AvgIpc) is 3.19. The Morgan fingerprint density at radius 2 is 1.94 bits per heavy atom. The van der Waals surface area contributed by atoms with Crippen molar-refractivity contribution in [2.45, 2.75) is 13.5 Å². The Balaban J connectivity index is 1.30. The topological polar surface area (TPSA) is 83.5 Å². The summed E-state index contributed by atoms with van der Waals surface area (Å²) in [6.45, 7) is 4.65. The standard InChI is InChI=1S/C24H25N5O3/c1-16-6-7-20-19(12-16)22-23(26-20)24(31)29(15-25-22)14-21(30)28-10-8-27(9-11-28)17-4-3-5-18(13-17)32-2/h3-7,12-13,15,26H,8-11,14H2,1-2H3. The lowest BCUT2D eigenvalue weighted by Crippen LogP contribution is -2.50. The number of benzene rings is 2. The van der Waals surface area contributed by atoms with Crippen LogP contribution in [0.4, 0.5) is 5.69 Å². The van der Waals surface area contributed by atoms with Gasteiger partial charge in [0.05, 0.1) is 13.4 Å². The molecule has 5 rings (SSSR count). The summed E-state index contributed by atoms with van der Waals surface area (Å²) in [5.74, 6) is 0.737. The van der Waals surface area contributed by atoms with Gasteiger partial charge in [-0.3, -0.25) is 14.2 Å². The number of rotatable bonds is 4. The number of aromatic amines is 1. The van der Waals surface area contributed by atoms with Gasteiger partial charge in [-0.1, -0.05) is 17.7 Å². The molecular weight excluding hydrogens is 406 g/mol. The van der Waals surface area contributed by atoms with Gasteiger partial charge in [0, 0.05) is 48.8 Å². The van der Waals surface area contributed by atoms with Crippen LogP contribution in [0.3, 0.4) is 0 Å². The molecule has 1 N–H and O–H groups in total. The maximum atomic E-state index is 13.0. The molecule has 3 heterocycles. The summed E-state index contributed by atoms with van der Waals surface area (Å²) in [5, 5.41) is 0.921. The van der Waals surface area contributed by atoms with Gasteiger partial charge in [0.15, 0.2) is 0 Å². The van der Waals surface area contributed by atoms with Crippen LogP contribution in [-0.2, 0) is 11.3 Å². The molecule has 1 saturated heterocycles. The van der Waals surface area contributed by atoms with E-state index in [1.165, 1.54) is 10.9 Å². The summed E-state index contributed by atoms with van der Waals surface area (Å²) < 4.78 is 6.70. The molecule has 32 heavy (non-hydrogen) atoms. The number of piperazine rings is 1. The Kier molecular flexibility index (Phi) is 5.05. The van der Waals surface area contributed by atoms with Crippen LogP contribution in [0.15, 0.2) is 53.6 Å². The van der Waals surface area contributed by atoms with Crippen LogP contribution >= 0.6 is 0 Å². The van der Waals surface area contributed by atoms with Crippen LogP contribution in [0.1, 0.15) is 5.56 Å². The number of carbonyl (C=O) groups is 1. The van der Waals surface area contributed by atoms with E-state index in [1.807, 2.05) is 54.3 Å². The highest BCUT2D eigenvalue weighted by molar-refractivity contribution is 6.04. The lowest BCUT2D eigenvalue weighted by Gasteiger charge is -2.36. The summed E-state index contributed by atoms with van der Waals surface area (Å²) in [7, 11) is 1.65. The van der Waals surface area contributed by atoms with Crippen molar-refractivity contribution in [2.75, 3.05) is 38.2 Å². The van der Waals surface area contributed by atoms with E-state index in [-0.39, 0.29) is 18.0 Å². The zero-order chi connectivity index (χ0) is 22.2. The van der Waals surface area contributed by atoms with Crippen molar-refractivity contribution < 1.29 is 9.53 Å². The van der Waals surface area contributed by atoms with Crippen LogP contribution in [0, 0.1) is 6.92 Å². The van der Waals surface area contributed by atoms with Crippen LogP contribution in [0.25, 0.3) is 21.9 Å². The molecule has 0 atom stereocenters. The van der Waals surface area contributed by atoms with Crippen LogP contribution in [0.2, 0.25) is 0 Å². The molecule has 164 valence electrons. The Morgan fingerprint density at radius 1 is 1.12 bits per heavy atom. The van der Waals surface area contributed by atoms with E-state index in [0.29, 0.717) is 24.1 Å². The van der Waals surface area contributed by atoms with Gasteiger partial charge in [0.1, 0.15) is 23.3 Å². The highest BCUT2D eigenvalue weighted by Gasteiger charge is 2.22. The molecule has 0 spiro atoms. The number of hydrogen-bond acceptors (Lipinski definition) is 5. The Bertz CT molecular complexity index is 1370. The van der Waals surface area contributed by atoms with Crippen molar-refractivity contribution in [3.63, 3.8) is 0 Å². The minimum Gasteiger partial charge on any atom is -0.497 e. The minimum absolute atomic E-state index is 0.0185. The normalized spacial score (nSPS) is 14.3. The fourth-order valence-corrected chi connectivity index (χ4v) is 4.28. The van der Waals surface area contributed by atoms with Crippen molar-refractivity contribution >= 4 is 33.5 Å². The van der Waals surface area contributed by atoms with Crippen LogP contribution < -0.4 is 15.2 Å². The molecule has 4 aromatic rings. The number of fused-ring (bicyclic) bond motifs is 3. The van der Waals surface area contributed by atoms with E-state index in [9.17, 15) is 9.59 Å². The van der Waals surface area contributed by atoms with Gasteiger partial charge in [0.25, 0.3) is 5.56 Å². The maximum absolute atomic E-state index is 13.0. The largest absolute Gasteiger partial charge is 0.497 e. The van der Waals surface area contributed by atoms with Crippen molar-refractivity contribution in [3.8, 4) is 5.75 Å². The molecule has 1 fully saturated rings. The van der Waals surface area contributed by atoms with Gasteiger partial charge in [-0.05, 0) is 31.2 Å². The molecule has 0 aliphatic carbocycles. The molecule has 1 aliphatic heterocycles. The summed E-state index contributed by atoms with van der Waals surface area (Å²) in [5.41, 5.74) is 3.90. The number of carbonyl (C=O) groups excluding carboxylic acids is 1. The first-order valence-electron chi connectivity index (χ1n) is 10.7. The number of nitrogens with zero attached hydrogens (tertiary/aromatic N) is 4. The molecule has 1 aliphatic rings. The molecule has 1 amide bonds. The van der Waals surface area contributed by atoms with E-state index < -0.39 is 0 Å². The predicted molar refractivity (Wildman–Crippen MR) is 124 cm³/mol. The second-order valence-electron chi connectivity index (χ2n) is 8.14. The van der Waals surface area contributed by atoms with Gasteiger partial charge in [-0.2, -0.15) is 0 Å². The third-order valence-electron chi connectivity index (χ3n) is 6.08. The number of aryl methyl sites for hydroxylation is 1. The summed E-state index contributed by atoms with van der Waals surface area (Å²) in [6.07, 6.45) is 1.48. The lowest BCUT2D eigenvalue weighted by molar-refractivity contribution is -0.132. The van der Waals surface area contributed by atoms with Gasteiger partial charge in [-0.25, -0.2) is 4.98 Å². The molecule has 2 aromatic heterocycles. The SMILES string of the molecule is COc1cccc(N2CCN(C(=O)Cn3cnc4c([nH]c5ccc(C)cc54)c3=O)CC2)c1. The fraction of sp³-hybridized carbons (Fsp3) is 0.292. The summed E-state index contributed by atoms with van der Waals surface area (Å²) >= 11 is 0. The molecule has 0 saturated carbocycles. The summed E-state index contributed by atoms with van der Waals surface area (Å²) in [4.78, 5) is 37.6. The van der Waals surface area contributed by atoms with Crippen molar-refractivity contribution in [2.24, 2.45) is 0 Å². The van der Waals surface area contributed by atoms with E-state index in [1.54, 1.807) is 7.11 Å². The van der Waals surface area contributed by atoms with Gasteiger partial charge < -0.3 is 19.5 Å². The van der Waals surface area contributed by atoms with Gasteiger partial charge in [-0.15, -0.1) is 0 Å². The first-order valence-corrected chi connectivity index (χ1v) is 10.7. The highest BCUT2D eigenvalue weighted by atomic mass is 16.5. The molecular formula is C24H25N5O3. The number of H-pyrrole nitrogens is 1. The van der Waals surface area contributed by atoms with Crippen molar-refractivity contribution in [1.29, 1.82) is 0 Å². The molecule has 8 heteroatoms. The summed E-state index contributed by atoms with van der Waals surface area (Å²) in [6, 6.07) is 13.9. The molecule has 2 aromatic carbocycles. The smallest absolute Gasteiger partial charge is 0.278 e. The monoisotopic (exact) mass is 431 g/mol. The quantitative estimate of drug-likeness (QED) is 0.537. The molecule has 0 radical (unpaired) electrons. The second-order valence-corrected chi connectivity index (χ2v) is 8.14. The first kappa shape index (κ1) is 20.1. The lowest BCUT2D eigenvalue weighted by atomic mass is 10.2. The Hall–Kier alpha value is -3.81. The zero-order valence-corrected chi connectivity index (χ0v) is 18.2. The van der Waals surface area contributed by atoms with E-state index in [2.05, 4.69) is 14.9 Å². The number of amides is 1. The van der Waals surface area contributed by atoms with Crippen LogP contribution in [0.5, 0.6) is 5.75 Å². The van der Waals surface area contributed by atoms with E-state index >= 15 is 0 Å². The third kappa shape index (κ3) is 3.57. The van der Waals surface area contributed by atoms with Gasteiger partial charge in [0.2, 0.25) is 5.91 Å². The Labute approximate surface area is 185 Å². The minimum atomic E-state index is -0.229. The van der Waals surface area contributed by atoms with Crippen molar-refractivity contribution in [3.05, 3.63) is 64.7 Å². The number of ether oxygens (including phenoxy) is 1. The second kappa shape index (κ2) is 8.03. The molecule has 8 nitrogen and oxygen atoms in total. The van der Waals surface area contributed by atoms with Crippen LogP contribution in [-0.4, -0.2) is 58.6 Å². The maximum Gasteiger partial charge on any atom is 0.278 e. The predicted octanol–water partition coefficient (Wildman–Crippen LogP) is 2.54. The highest BCUT2D eigenvalue weighted by Crippen LogP contribution is 2.23. The first-order chi connectivity index (χ1) is 15.5. The number of aromatic nitrogens is 3. The zero-order valence-electron chi connectivity index (χ0n) is 18.2. The van der Waals surface area contributed by atoms with Gasteiger partial charge >= 0.3 is 0 Å².